The SMILES string of the molecule is COc1nc(NN)nc(-n2cc(Br)cn2)n1. The average Bonchev–Trinajstić information content (AvgIpc) is 2.75. The minimum absolute atomic E-state index is 0.157. The zero-order valence-electron chi connectivity index (χ0n) is 8.25. The Bertz CT molecular complexity index is 477. The molecule has 0 amide bonds. The second kappa shape index (κ2) is 4.41. The number of hydrogen-bond acceptors (Lipinski definition) is 7. The molecule has 0 radical (unpaired) electrons. The van der Waals surface area contributed by atoms with Gasteiger partial charge in [-0.1, -0.05) is 0 Å². The van der Waals surface area contributed by atoms with E-state index in [0.29, 0.717) is 5.95 Å². The number of rotatable bonds is 3. The highest BCUT2D eigenvalue weighted by Gasteiger charge is 2.08. The normalized spacial score (nSPS) is 10.2. The number of halogens is 1. The first-order valence-electron chi connectivity index (χ1n) is 4.20. The molecule has 0 aliphatic heterocycles. The molecule has 2 rings (SSSR count). The lowest BCUT2D eigenvalue weighted by Gasteiger charge is -2.04. The number of nitrogens with two attached hydrogens (primary N) is 1. The molecule has 0 bridgehead atoms. The van der Waals surface area contributed by atoms with E-state index in [1.54, 1.807) is 12.4 Å². The van der Waals surface area contributed by atoms with Gasteiger partial charge in [0.2, 0.25) is 5.95 Å². The molecule has 0 saturated heterocycles. The molecule has 3 N–H and O–H groups in total. The number of anilines is 1. The molecule has 0 saturated carbocycles. The summed E-state index contributed by atoms with van der Waals surface area (Å²) in [6.07, 6.45) is 3.32. The molecular weight excluding hydrogens is 278 g/mol. The smallest absolute Gasteiger partial charge is 0.322 e. The first kappa shape index (κ1) is 10.8. The Balaban J connectivity index is 2.47. The van der Waals surface area contributed by atoms with Crippen molar-refractivity contribution in [2.45, 2.75) is 0 Å². The molecule has 0 aromatic carbocycles. The van der Waals surface area contributed by atoms with Crippen LogP contribution in [-0.2, 0) is 0 Å². The van der Waals surface area contributed by atoms with Gasteiger partial charge in [0.25, 0.3) is 5.95 Å². The van der Waals surface area contributed by atoms with Crippen molar-refractivity contribution in [2.75, 3.05) is 12.5 Å². The van der Waals surface area contributed by atoms with E-state index in [9.17, 15) is 0 Å². The van der Waals surface area contributed by atoms with Gasteiger partial charge in [0.05, 0.1) is 17.8 Å². The molecule has 8 nitrogen and oxygen atoms in total. The van der Waals surface area contributed by atoms with Gasteiger partial charge < -0.3 is 4.74 Å². The first-order chi connectivity index (χ1) is 7.72. The summed E-state index contributed by atoms with van der Waals surface area (Å²) in [5.41, 5.74) is 2.32. The van der Waals surface area contributed by atoms with Crippen molar-refractivity contribution < 1.29 is 4.74 Å². The van der Waals surface area contributed by atoms with Gasteiger partial charge in [-0.25, -0.2) is 10.5 Å². The quantitative estimate of drug-likeness (QED) is 0.609. The predicted octanol–water partition coefficient (Wildman–Crippen LogP) is 0.114. The van der Waals surface area contributed by atoms with Crippen LogP contribution in [0.2, 0.25) is 0 Å². The van der Waals surface area contributed by atoms with Crippen molar-refractivity contribution >= 4 is 21.9 Å². The zero-order valence-corrected chi connectivity index (χ0v) is 9.84. The second-order valence-electron chi connectivity index (χ2n) is 2.69. The number of methoxy groups -OCH3 is 1. The topological polar surface area (TPSA) is 104 Å². The van der Waals surface area contributed by atoms with Crippen LogP contribution >= 0.6 is 15.9 Å². The summed E-state index contributed by atoms with van der Waals surface area (Å²) in [6.45, 7) is 0. The molecule has 0 aliphatic carbocycles. The summed E-state index contributed by atoms with van der Waals surface area (Å²) >= 11 is 3.27. The lowest BCUT2D eigenvalue weighted by atomic mass is 10.7. The highest BCUT2D eigenvalue weighted by molar-refractivity contribution is 9.10. The van der Waals surface area contributed by atoms with Crippen molar-refractivity contribution in [3.63, 3.8) is 0 Å². The summed E-state index contributed by atoms with van der Waals surface area (Å²) in [4.78, 5) is 11.9. The maximum atomic E-state index is 5.23. The monoisotopic (exact) mass is 285 g/mol. The van der Waals surface area contributed by atoms with Gasteiger partial charge in [-0.05, 0) is 15.9 Å². The number of aromatic nitrogens is 5. The van der Waals surface area contributed by atoms with E-state index in [0.717, 1.165) is 4.47 Å². The van der Waals surface area contributed by atoms with E-state index < -0.39 is 0 Å². The van der Waals surface area contributed by atoms with Crippen LogP contribution in [0.5, 0.6) is 6.01 Å². The summed E-state index contributed by atoms with van der Waals surface area (Å²) in [7, 11) is 1.46. The Morgan fingerprint density at radius 1 is 1.44 bits per heavy atom. The molecule has 2 heterocycles. The van der Waals surface area contributed by atoms with Gasteiger partial charge in [-0.2, -0.15) is 20.1 Å². The lowest BCUT2D eigenvalue weighted by Crippen LogP contribution is -2.14. The first-order valence-corrected chi connectivity index (χ1v) is 4.99. The third-order valence-corrected chi connectivity index (χ3v) is 2.08. The third-order valence-electron chi connectivity index (χ3n) is 1.67. The molecule has 16 heavy (non-hydrogen) atoms. The Morgan fingerprint density at radius 3 is 2.81 bits per heavy atom. The van der Waals surface area contributed by atoms with Gasteiger partial charge in [-0.3, -0.25) is 5.43 Å². The largest absolute Gasteiger partial charge is 0.467 e. The summed E-state index contributed by atoms with van der Waals surface area (Å²) in [5.74, 6) is 5.74. The van der Waals surface area contributed by atoms with E-state index >= 15 is 0 Å². The van der Waals surface area contributed by atoms with Crippen LogP contribution < -0.4 is 16.0 Å². The lowest BCUT2D eigenvalue weighted by molar-refractivity contribution is 0.377. The Morgan fingerprint density at radius 2 is 2.25 bits per heavy atom. The van der Waals surface area contributed by atoms with Crippen molar-refractivity contribution in [1.29, 1.82) is 0 Å². The van der Waals surface area contributed by atoms with Crippen LogP contribution in [0.4, 0.5) is 5.95 Å². The van der Waals surface area contributed by atoms with Crippen LogP contribution in [0, 0.1) is 0 Å². The molecule has 0 atom stereocenters. The highest BCUT2D eigenvalue weighted by Crippen LogP contribution is 2.12. The van der Waals surface area contributed by atoms with Gasteiger partial charge >= 0.3 is 6.01 Å². The van der Waals surface area contributed by atoms with Crippen LogP contribution in [0.3, 0.4) is 0 Å². The highest BCUT2D eigenvalue weighted by atomic mass is 79.9. The Labute approximate surface area is 99.0 Å². The molecule has 2 aromatic rings. The molecule has 0 aliphatic rings. The maximum absolute atomic E-state index is 5.23. The van der Waals surface area contributed by atoms with Crippen molar-refractivity contribution in [1.82, 2.24) is 24.7 Å². The van der Waals surface area contributed by atoms with Crippen LogP contribution in [0.15, 0.2) is 16.9 Å². The van der Waals surface area contributed by atoms with Crippen LogP contribution in [0.1, 0.15) is 0 Å². The van der Waals surface area contributed by atoms with Gasteiger partial charge in [0, 0.05) is 6.20 Å². The van der Waals surface area contributed by atoms with Crippen molar-refractivity contribution in [3.05, 3.63) is 16.9 Å². The van der Waals surface area contributed by atoms with Gasteiger partial charge in [-0.15, -0.1) is 0 Å². The fourth-order valence-electron chi connectivity index (χ4n) is 1.01. The van der Waals surface area contributed by atoms with Crippen LogP contribution in [-0.4, -0.2) is 31.8 Å². The maximum Gasteiger partial charge on any atom is 0.322 e. The van der Waals surface area contributed by atoms with E-state index in [2.05, 4.69) is 41.4 Å². The fourth-order valence-corrected chi connectivity index (χ4v) is 1.30. The second-order valence-corrected chi connectivity index (χ2v) is 3.61. The Kier molecular flexibility index (Phi) is 2.97. The number of hydrogen-bond donors (Lipinski definition) is 2. The van der Waals surface area contributed by atoms with Crippen molar-refractivity contribution in [2.24, 2.45) is 5.84 Å². The molecule has 84 valence electrons. The van der Waals surface area contributed by atoms with E-state index in [-0.39, 0.29) is 12.0 Å². The molecule has 0 fully saturated rings. The average molecular weight is 286 g/mol. The summed E-state index contributed by atoms with van der Waals surface area (Å²) < 4.78 is 7.20. The predicted molar refractivity (Wildman–Crippen MR) is 59.0 cm³/mol. The van der Waals surface area contributed by atoms with E-state index in [1.807, 2.05) is 0 Å². The molecular formula is C7H8BrN7O. The summed E-state index contributed by atoms with van der Waals surface area (Å²) in [5, 5.41) is 4.03. The number of nitrogens with zero attached hydrogens (tertiary/aromatic N) is 5. The van der Waals surface area contributed by atoms with E-state index in [4.69, 9.17) is 10.6 Å². The molecule has 0 unspecified atom stereocenters. The standard InChI is InChI=1S/C7H8BrN7O/c1-16-7-12-5(14-9)11-6(13-7)15-3-4(8)2-10-15/h2-3H,9H2,1H3,(H,11,12,13,14). The minimum atomic E-state index is 0.157. The van der Waals surface area contributed by atoms with Gasteiger partial charge in [0.15, 0.2) is 0 Å². The van der Waals surface area contributed by atoms with Crippen LogP contribution in [0.25, 0.3) is 5.95 Å². The number of nitrogen functional groups attached to an aromatic ring is 1. The zero-order chi connectivity index (χ0) is 11.5. The minimum Gasteiger partial charge on any atom is -0.467 e. The van der Waals surface area contributed by atoms with Crippen molar-refractivity contribution in [3.8, 4) is 12.0 Å². The molecule has 2 aromatic heterocycles. The number of hydrazine groups is 1. The number of ether oxygens (including phenoxy) is 1. The third kappa shape index (κ3) is 2.09. The molecule has 0 spiro atoms. The Hall–Kier alpha value is -1.74. The number of nitrogens with one attached hydrogen (secondary N) is 1. The molecule has 9 heteroatoms. The van der Waals surface area contributed by atoms with Gasteiger partial charge in [0.1, 0.15) is 0 Å². The fraction of sp³-hybridized carbons (Fsp3) is 0.143. The van der Waals surface area contributed by atoms with E-state index in [1.165, 1.54) is 11.8 Å². The summed E-state index contributed by atoms with van der Waals surface area (Å²) in [6, 6.07) is 0.157.